The monoisotopic (exact) mass is 692 g/mol. The lowest BCUT2D eigenvalue weighted by molar-refractivity contribution is -0.150. The minimum Gasteiger partial charge on any atom is -0.497 e. The van der Waals surface area contributed by atoms with Gasteiger partial charge in [0, 0.05) is 29.5 Å². The Bertz CT molecular complexity index is 1870. The number of likely N-dealkylation sites (tertiary alicyclic amines) is 1. The van der Waals surface area contributed by atoms with E-state index >= 15 is 0 Å². The number of sulfonamides is 1. The molecule has 1 aromatic heterocycles. The number of amides is 3. The van der Waals surface area contributed by atoms with E-state index in [2.05, 4.69) is 10.0 Å². The lowest BCUT2D eigenvalue weighted by Gasteiger charge is -2.32. The van der Waals surface area contributed by atoms with Crippen LogP contribution < -0.4 is 19.5 Å². The highest BCUT2D eigenvalue weighted by Crippen LogP contribution is 2.47. The molecule has 5 atom stereocenters. The van der Waals surface area contributed by atoms with Crippen molar-refractivity contribution in [2.75, 3.05) is 13.7 Å². The zero-order valence-electron chi connectivity index (χ0n) is 28.4. The molecule has 3 amide bonds. The molecule has 2 saturated carbocycles. The molecule has 3 fully saturated rings. The summed E-state index contributed by atoms with van der Waals surface area (Å²) < 4.78 is 39.5. The number of nitrogens with zero attached hydrogens (tertiary/aromatic N) is 2. The van der Waals surface area contributed by atoms with Gasteiger partial charge >= 0.3 is 0 Å². The predicted octanol–water partition coefficient (Wildman–Crippen LogP) is 3.56. The molecular formula is C36H44N4O8S. The highest BCUT2D eigenvalue weighted by atomic mass is 32.2. The van der Waals surface area contributed by atoms with E-state index < -0.39 is 62.2 Å². The Hall–Kier alpha value is -4.23. The van der Waals surface area contributed by atoms with Crippen LogP contribution >= 0.6 is 0 Å². The van der Waals surface area contributed by atoms with E-state index in [-0.39, 0.29) is 25.3 Å². The summed E-state index contributed by atoms with van der Waals surface area (Å²) in [5.74, 6) is -1.15. The molecule has 2 unspecified atom stereocenters. The molecule has 0 spiro atoms. The number of methoxy groups -OCH3 is 1. The molecule has 6 rings (SSSR count). The highest BCUT2D eigenvalue weighted by molar-refractivity contribution is 7.91. The summed E-state index contributed by atoms with van der Waals surface area (Å²) in [6, 6.07) is 15.8. The minimum absolute atomic E-state index is 0.00281. The molecule has 1 aliphatic heterocycles. The number of pyridine rings is 1. The Kier molecular flexibility index (Phi) is 9.12. The van der Waals surface area contributed by atoms with Crippen molar-refractivity contribution in [1.29, 1.82) is 0 Å². The largest absolute Gasteiger partial charge is 0.497 e. The number of fused-ring (bicyclic) bond motifs is 1. The summed E-state index contributed by atoms with van der Waals surface area (Å²) in [5, 5.41) is 14.0. The summed E-state index contributed by atoms with van der Waals surface area (Å²) in [7, 11) is -2.26. The number of carbonyl (C=O) groups is 3. The number of hydrogen-bond acceptors (Lipinski definition) is 9. The van der Waals surface area contributed by atoms with Gasteiger partial charge in [-0.15, -0.1) is 0 Å². The number of aliphatic hydroxyl groups is 1. The Morgan fingerprint density at radius 1 is 1.10 bits per heavy atom. The second-order valence-electron chi connectivity index (χ2n) is 14.5. The topological polar surface area (TPSA) is 164 Å². The molecule has 262 valence electrons. The standard InChI is InChI=1S/C36H44N4O8S/c1-6-22-19-36(22,34(44)39-49(45,46)25-13-14-25)38-32(42)29-17-24(20-40(29)33(43)31(41)35(2,3)4)48-30-18-27(21-10-8-7-9-11-21)37-28-16-23(47-5)12-15-26(28)30/h7-12,15-16,18,22,24-25,29,31,41H,6,13-14,17,19-20H2,1-5H3,(H,38,42)(H,39,44)/t22?,24-,29+,31?,36-/m1/s1. The predicted molar refractivity (Wildman–Crippen MR) is 183 cm³/mol. The number of hydrogen-bond donors (Lipinski definition) is 3. The number of aromatic nitrogens is 1. The van der Waals surface area contributed by atoms with Gasteiger partial charge in [-0.3, -0.25) is 19.1 Å². The average Bonchev–Trinajstić information content (AvgIpc) is 4.00. The van der Waals surface area contributed by atoms with Crippen molar-refractivity contribution in [3.05, 3.63) is 54.6 Å². The molecule has 3 aromatic rings. The Labute approximate surface area is 286 Å². The van der Waals surface area contributed by atoms with Gasteiger partial charge in [0.15, 0.2) is 0 Å². The van der Waals surface area contributed by atoms with E-state index in [1.807, 2.05) is 55.5 Å². The van der Waals surface area contributed by atoms with Gasteiger partial charge in [-0.2, -0.15) is 0 Å². The van der Waals surface area contributed by atoms with Gasteiger partial charge in [0.05, 0.1) is 30.1 Å². The van der Waals surface area contributed by atoms with Crippen LogP contribution in [0, 0.1) is 11.3 Å². The van der Waals surface area contributed by atoms with E-state index in [0.717, 1.165) is 5.56 Å². The number of ether oxygens (including phenoxy) is 2. The van der Waals surface area contributed by atoms with Crippen LogP contribution in [0.2, 0.25) is 0 Å². The molecule has 3 N–H and O–H groups in total. The Morgan fingerprint density at radius 3 is 2.43 bits per heavy atom. The lowest BCUT2D eigenvalue weighted by Crippen LogP contribution is -2.58. The van der Waals surface area contributed by atoms with Crippen LogP contribution in [-0.2, 0) is 24.4 Å². The van der Waals surface area contributed by atoms with Gasteiger partial charge in [0.2, 0.25) is 15.9 Å². The van der Waals surface area contributed by atoms with Crippen molar-refractivity contribution in [2.45, 2.75) is 88.8 Å². The van der Waals surface area contributed by atoms with Crippen LogP contribution in [0.4, 0.5) is 0 Å². The van der Waals surface area contributed by atoms with Gasteiger partial charge in [0.1, 0.15) is 35.3 Å². The number of carbonyl (C=O) groups excluding carboxylic acids is 3. The number of aliphatic hydroxyl groups excluding tert-OH is 1. The van der Waals surface area contributed by atoms with E-state index in [1.54, 1.807) is 33.9 Å². The number of rotatable bonds is 11. The Balaban J connectivity index is 1.30. The zero-order valence-corrected chi connectivity index (χ0v) is 29.2. The Morgan fingerprint density at radius 2 is 1.82 bits per heavy atom. The molecule has 1 saturated heterocycles. The molecule has 2 aromatic carbocycles. The second-order valence-corrected chi connectivity index (χ2v) is 16.4. The third kappa shape index (κ3) is 6.96. The average molecular weight is 693 g/mol. The van der Waals surface area contributed by atoms with E-state index in [0.29, 0.717) is 47.4 Å². The molecule has 2 heterocycles. The fraction of sp³-hybridized carbons (Fsp3) is 0.500. The minimum atomic E-state index is -3.84. The van der Waals surface area contributed by atoms with E-state index in [9.17, 15) is 27.9 Å². The van der Waals surface area contributed by atoms with Crippen LogP contribution in [0.1, 0.15) is 59.8 Å². The smallest absolute Gasteiger partial charge is 0.259 e. The van der Waals surface area contributed by atoms with Gasteiger partial charge in [-0.1, -0.05) is 64.4 Å². The van der Waals surface area contributed by atoms with Crippen molar-refractivity contribution >= 4 is 38.6 Å². The summed E-state index contributed by atoms with van der Waals surface area (Å²) in [5.41, 5.74) is -0.0622. The van der Waals surface area contributed by atoms with E-state index in [4.69, 9.17) is 14.5 Å². The van der Waals surface area contributed by atoms with Crippen LogP contribution in [-0.4, -0.2) is 83.8 Å². The molecule has 49 heavy (non-hydrogen) atoms. The van der Waals surface area contributed by atoms with E-state index in [1.165, 1.54) is 4.90 Å². The molecule has 13 heteroatoms. The van der Waals surface area contributed by atoms with Crippen LogP contribution in [0.3, 0.4) is 0 Å². The van der Waals surface area contributed by atoms with Crippen molar-refractivity contribution in [3.8, 4) is 22.8 Å². The van der Waals surface area contributed by atoms with Gasteiger partial charge in [-0.25, -0.2) is 13.4 Å². The van der Waals surface area contributed by atoms with Crippen molar-refractivity contribution < 1.29 is 37.4 Å². The SMILES string of the molecule is CCC1C[C@]1(NC(=O)[C@@H]1C[C@@H](Oc2cc(-c3ccccc3)nc3cc(OC)ccc23)CN1C(=O)C(O)C(C)(C)C)C(=O)NS(=O)(=O)C1CC1. The van der Waals surface area contributed by atoms with Gasteiger partial charge in [-0.05, 0) is 42.7 Å². The lowest BCUT2D eigenvalue weighted by atomic mass is 9.88. The fourth-order valence-corrected chi connectivity index (χ4v) is 7.90. The fourth-order valence-electron chi connectivity index (χ4n) is 6.54. The molecule has 0 bridgehead atoms. The maximum atomic E-state index is 14.1. The molecule has 3 aliphatic rings. The quantitative estimate of drug-likeness (QED) is 0.273. The summed E-state index contributed by atoms with van der Waals surface area (Å²) in [6.45, 7) is 7.05. The number of nitrogens with one attached hydrogen (secondary N) is 2. The van der Waals surface area contributed by atoms with Crippen molar-refractivity contribution in [2.24, 2.45) is 11.3 Å². The summed E-state index contributed by atoms with van der Waals surface area (Å²) in [6.07, 6.45) is -0.199. The third-order valence-electron chi connectivity index (χ3n) is 9.79. The highest BCUT2D eigenvalue weighted by Gasteiger charge is 2.62. The first-order valence-electron chi connectivity index (χ1n) is 16.7. The van der Waals surface area contributed by atoms with Crippen LogP contribution in [0.25, 0.3) is 22.2 Å². The van der Waals surface area contributed by atoms with Gasteiger partial charge < -0.3 is 24.8 Å². The van der Waals surface area contributed by atoms with Crippen molar-refractivity contribution in [3.63, 3.8) is 0 Å². The van der Waals surface area contributed by atoms with Gasteiger partial charge in [0.25, 0.3) is 11.8 Å². The molecule has 2 aliphatic carbocycles. The first-order chi connectivity index (χ1) is 23.2. The van der Waals surface area contributed by atoms with Crippen molar-refractivity contribution in [1.82, 2.24) is 19.9 Å². The third-order valence-corrected chi connectivity index (χ3v) is 11.6. The second kappa shape index (κ2) is 12.9. The van der Waals surface area contributed by atoms with Crippen LogP contribution in [0.15, 0.2) is 54.6 Å². The summed E-state index contributed by atoms with van der Waals surface area (Å²) >= 11 is 0. The maximum Gasteiger partial charge on any atom is 0.259 e. The molecule has 0 radical (unpaired) electrons. The molecular weight excluding hydrogens is 648 g/mol. The first kappa shape index (κ1) is 34.6. The zero-order chi connectivity index (χ0) is 35.3. The van der Waals surface area contributed by atoms with Crippen LogP contribution in [0.5, 0.6) is 11.5 Å². The normalized spacial score (nSPS) is 24.3. The number of benzene rings is 2. The molecule has 12 nitrogen and oxygen atoms in total. The maximum absolute atomic E-state index is 14.1. The first-order valence-corrected chi connectivity index (χ1v) is 18.3. The summed E-state index contributed by atoms with van der Waals surface area (Å²) in [4.78, 5) is 47.4.